The second-order valence-electron chi connectivity index (χ2n) is 7.28. The van der Waals surface area contributed by atoms with E-state index in [1.807, 2.05) is 30.5 Å². The van der Waals surface area contributed by atoms with Gasteiger partial charge < -0.3 is 10.6 Å². The smallest absolute Gasteiger partial charge is 0.229 e. The first-order valence-electron chi connectivity index (χ1n) is 9.68. The van der Waals surface area contributed by atoms with Gasteiger partial charge in [-0.05, 0) is 38.2 Å². The number of carbonyl (C=O) groups is 2. The van der Waals surface area contributed by atoms with Gasteiger partial charge in [0.25, 0.3) is 0 Å². The van der Waals surface area contributed by atoms with Crippen molar-refractivity contribution in [3.63, 3.8) is 0 Å². The number of nitrogens with one attached hydrogen (secondary N) is 2. The molecule has 0 radical (unpaired) electrons. The molecule has 0 bridgehead atoms. The van der Waals surface area contributed by atoms with E-state index in [-0.39, 0.29) is 30.2 Å². The number of aryl methyl sites for hydroxylation is 1. The molecule has 2 N–H and O–H groups in total. The summed E-state index contributed by atoms with van der Waals surface area (Å²) in [6.07, 6.45) is 6.27. The van der Waals surface area contributed by atoms with Crippen LogP contribution < -0.4 is 10.6 Å². The summed E-state index contributed by atoms with van der Waals surface area (Å²) in [5.41, 5.74) is 1.98. The molecule has 27 heavy (non-hydrogen) atoms. The summed E-state index contributed by atoms with van der Waals surface area (Å²) in [6, 6.07) is 10.4. The second-order valence-corrected chi connectivity index (χ2v) is 8.14. The molecule has 1 heterocycles. The molecular weight excluding hydrogens is 358 g/mol. The average molecular weight is 386 g/mol. The average Bonchev–Trinajstić information content (AvgIpc) is 3.33. The topological polar surface area (TPSA) is 71.1 Å². The Kier molecular flexibility index (Phi) is 6.98. The first-order valence-corrected chi connectivity index (χ1v) is 10.6. The molecule has 0 spiro atoms. The van der Waals surface area contributed by atoms with Gasteiger partial charge >= 0.3 is 0 Å². The summed E-state index contributed by atoms with van der Waals surface area (Å²) in [4.78, 5) is 28.8. The van der Waals surface area contributed by atoms with Crippen molar-refractivity contribution in [1.29, 1.82) is 0 Å². The Labute approximate surface area is 164 Å². The van der Waals surface area contributed by atoms with Crippen LogP contribution in [0, 0.1) is 5.92 Å². The lowest BCUT2D eigenvalue weighted by atomic mass is 10.1. The zero-order chi connectivity index (χ0) is 19.1. The van der Waals surface area contributed by atoms with Crippen molar-refractivity contribution in [3.05, 3.63) is 47.0 Å². The summed E-state index contributed by atoms with van der Waals surface area (Å²) in [5, 5.41) is 8.36. The number of thiazole rings is 1. The fourth-order valence-electron chi connectivity index (χ4n) is 3.43. The van der Waals surface area contributed by atoms with Gasteiger partial charge in [0, 0.05) is 17.3 Å². The molecule has 1 unspecified atom stereocenters. The summed E-state index contributed by atoms with van der Waals surface area (Å²) in [6.45, 7) is 2.02. The molecule has 0 aliphatic heterocycles. The Balaban J connectivity index is 1.41. The van der Waals surface area contributed by atoms with Crippen molar-refractivity contribution in [2.24, 2.45) is 5.92 Å². The van der Waals surface area contributed by atoms with Crippen LogP contribution in [0.2, 0.25) is 0 Å². The van der Waals surface area contributed by atoms with E-state index in [1.54, 1.807) is 0 Å². The first kappa shape index (κ1) is 19.5. The highest BCUT2D eigenvalue weighted by atomic mass is 32.1. The Morgan fingerprint density at radius 2 is 1.96 bits per heavy atom. The molecule has 2 aromatic rings. The number of rotatable bonds is 8. The maximum atomic E-state index is 12.2. The van der Waals surface area contributed by atoms with E-state index in [0.717, 1.165) is 38.5 Å². The third-order valence-corrected chi connectivity index (χ3v) is 5.77. The number of benzene rings is 1. The minimum Gasteiger partial charge on any atom is -0.353 e. The molecule has 1 aliphatic carbocycles. The Hall–Kier alpha value is -2.21. The number of carbonyl (C=O) groups excluding carboxylic acids is 2. The largest absolute Gasteiger partial charge is 0.353 e. The van der Waals surface area contributed by atoms with Crippen molar-refractivity contribution in [2.45, 2.75) is 57.9 Å². The lowest BCUT2D eigenvalue weighted by molar-refractivity contribution is -0.121. The standard InChI is InChI=1S/C21H27N3O2S/c1-15(11-12-16-7-3-2-4-8-16)22-19(25)13-18-14-27-21(23-18)24-20(26)17-9-5-6-10-17/h2-4,7-8,14-15,17H,5-6,9-13H2,1H3,(H,22,25)(H,23,24,26). The molecular formula is C21H27N3O2S. The van der Waals surface area contributed by atoms with Crippen molar-refractivity contribution < 1.29 is 9.59 Å². The molecule has 1 atom stereocenters. The Morgan fingerprint density at radius 3 is 2.70 bits per heavy atom. The summed E-state index contributed by atoms with van der Waals surface area (Å²) < 4.78 is 0. The van der Waals surface area contributed by atoms with E-state index in [9.17, 15) is 9.59 Å². The van der Waals surface area contributed by atoms with Gasteiger partial charge in [-0.3, -0.25) is 9.59 Å². The third kappa shape index (κ3) is 6.17. The fourth-order valence-corrected chi connectivity index (χ4v) is 4.14. The number of aromatic nitrogens is 1. The molecule has 144 valence electrons. The van der Waals surface area contributed by atoms with Crippen LogP contribution in [0.5, 0.6) is 0 Å². The second kappa shape index (κ2) is 9.65. The van der Waals surface area contributed by atoms with Crippen LogP contribution in [0.3, 0.4) is 0 Å². The van der Waals surface area contributed by atoms with Gasteiger partial charge in [0.1, 0.15) is 0 Å². The molecule has 1 aromatic heterocycles. The minimum absolute atomic E-state index is 0.0328. The van der Waals surface area contributed by atoms with Gasteiger partial charge in [-0.1, -0.05) is 43.2 Å². The quantitative estimate of drug-likeness (QED) is 0.723. The Bertz CT molecular complexity index is 754. The van der Waals surface area contributed by atoms with Crippen LogP contribution in [-0.2, 0) is 22.4 Å². The van der Waals surface area contributed by atoms with Crippen LogP contribution in [0.15, 0.2) is 35.7 Å². The van der Waals surface area contributed by atoms with Crippen LogP contribution in [-0.4, -0.2) is 22.8 Å². The number of hydrogen-bond acceptors (Lipinski definition) is 4. The zero-order valence-corrected chi connectivity index (χ0v) is 16.6. The molecule has 2 amide bonds. The third-order valence-electron chi connectivity index (χ3n) is 4.97. The molecule has 1 aromatic carbocycles. The van der Waals surface area contributed by atoms with E-state index in [2.05, 4.69) is 27.8 Å². The monoisotopic (exact) mass is 385 g/mol. The fraction of sp³-hybridized carbons (Fsp3) is 0.476. The SMILES string of the molecule is CC(CCc1ccccc1)NC(=O)Cc1csc(NC(=O)C2CCCC2)n1. The van der Waals surface area contributed by atoms with Crippen LogP contribution in [0.1, 0.15) is 50.3 Å². The highest BCUT2D eigenvalue weighted by Crippen LogP contribution is 2.26. The predicted molar refractivity (Wildman–Crippen MR) is 109 cm³/mol. The van der Waals surface area contributed by atoms with Gasteiger partial charge in [0.15, 0.2) is 5.13 Å². The van der Waals surface area contributed by atoms with Gasteiger partial charge in [0.2, 0.25) is 11.8 Å². The summed E-state index contributed by atoms with van der Waals surface area (Å²) in [7, 11) is 0. The molecule has 3 rings (SSSR count). The van der Waals surface area contributed by atoms with Crippen molar-refractivity contribution >= 4 is 28.3 Å². The summed E-state index contributed by atoms with van der Waals surface area (Å²) in [5.74, 6) is 0.146. The van der Waals surface area contributed by atoms with Crippen LogP contribution >= 0.6 is 11.3 Å². The van der Waals surface area contributed by atoms with Crippen LogP contribution in [0.4, 0.5) is 5.13 Å². The van der Waals surface area contributed by atoms with E-state index in [1.165, 1.54) is 16.9 Å². The Morgan fingerprint density at radius 1 is 1.22 bits per heavy atom. The zero-order valence-electron chi connectivity index (χ0n) is 15.7. The molecule has 1 fully saturated rings. The van der Waals surface area contributed by atoms with Gasteiger partial charge in [0.05, 0.1) is 12.1 Å². The molecule has 6 heteroatoms. The predicted octanol–water partition coefficient (Wildman–Crippen LogP) is 3.95. The van der Waals surface area contributed by atoms with Gasteiger partial charge in [-0.25, -0.2) is 4.98 Å². The first-order chi connectivity index (χ1) is 13.1. The normalized spacial score (nSPS) is 15.4. The molecule has 1 saturated carbocycles. The van der Waals surface area contributed by atoms with Crippen molar-refractivity contribution in [1.82, 2.24) is 10.3 Å². The highest BCUT2D eigenvalue weighted by Gasteiger charge is 2.23. The van der Waals surface area contributed by atoms with E-state index < -0.39 is 0 Å². The number of hydrogen-bond donors (Lipinski definition) is 2. The molecule has 1 aliphatic rings. The maximum Gasteiger partial charge on any atom is 0.229 e. The van der Waals surface area contributed by atoms with Gasteiger partial charge in [-0.2, -0.15) is 0 Å². The number of amides is 2. The number of nitrogens with zero attached hydrogens (tertiary/aromatic N) is 1. The molecule has 0 saturated heterocycles. The maximum absolute atomic E-state index is 12.2. The highest BCUT2D eigenvalue weighted by molar-refractivity contribution is 7.13. The van der Waals surface area contributed by atoms with Crippen molar-refractivity contribution in [2.75, 3.05) is 5.32 Å². The van der Waals surface area contributed by atoms with Gasteiger partial charge in [-0.15, -0.1) is 11.3 Å². The lowest BCUT2D eigenvalue weighted by Crippen LogP contribution is -2.34. The van der Waals surface area contributed by atoms with Crippen LogP contribution in [0.25, 0.3) is 0 Å². The number of anilines is 1. The van der Waals surface area contributed by atoms with E-state index >= 15 is 0 Å². The summed E-state index contributed by atoms with van der Waals surface area (Å²) >= 11 is 1.38. The van der Waals surface area contributed by atoms with E-state index in [4.69, 9.17) is 0 Å². The lowest BCUT2D eigenvalue weighted by Gasteiger charge is -2.13. The minimum atomic E-state index is -0.0328. The molecule has 5 nitrogen and oxygen atoms in total. The van der Waals surface area contributed by atoms with E-state index in [0.29, 0.717) is 10.8 Å². The van der Waals surface area contributed by atoms with Crippen molar-refractivity contribution in [3.8, 4) is 0 Å².